The number of nitrogens with zero attached hydrogens (tertiary/aromatic N) is 1. The monoisotopic (exact) mass is 184 g/mol. The van der Waals surface area contributed by atoms with Crippen molar-refractivity contribution in [3.63, 3.8) is 0 Å². The second-order valence-corrected chi connectivity index (χ2v) is 3.56. The summed E-state index contributed by atoms with van der Waals surface area (Å²) in [5.41, 5.74) is 2.22. The van der Waals surface area contributed by atoms with Crippen molar-refractivity contribution in [2.45, 2.75) is 5.92 Å². The number of para-hydroxylation sites is 1. The Morgan fingerprint density at radius 1 is 1.36 bits per heavy atom. The molecule has 0 fully saturated rings. The van der Waals surface area contributed by atoms with E-state index < -0.39 is 0 Å². The fourth-order valence-electron chi connectivity index (χ4n) is 1.95. The minimum atomic E-state index is 0.234. The summed E-state index contributed by atoms with van der Waals surface area (Å²) in [5, 5.41) is 1.17. The number of benzene rings is 1. The van der Waals surface area contributed by atoms with Gasteiger partial charge >= 0.3 is 0 Å². The van der Waals surface area contributed by atoms with Crippen LogP contribution in [0.5, 0.6) is 5.75 Å². The maximum absolute atomic E-state index is 5.49. The zero-order valence-corrected chi connectivity index (χ0v) is 7.73. The van der Waals surface area contributed by atoms with Gasteiger partial charge in [0.1, 0.15) is 5.75 Å². The Hall–Kier alpha value is -1.57. The van der Waals surface area contributed by atoms with Gasteiger partial charge in [-0.15, -0.1) is 0 Å². The molecule has 1 aromatic carbocycles. The number of hydrogen-bond donors (Lipinski definition) is 0. The van der Waals surface area contributed by atoms with E-state index in [0.717, 1.165) is 11.3 Å². The largest absolute Gasteiger partial charge is 0.491 e. The van der Waals surface area contributed by atoms with Gasteiger partial charge in [0.15, 0.2) is 0 Å². The molecule has 1 aliphatic rings. The lowest BCUT2D eigenvalue weighted by Crippen LogP contribution is -1.94. The lowest BCUT2D eigenvalue weighted by atomic mass is 9.99. The summed E-state index contributed by atoms with van der Waals surface area (Å²) < 4.78 is 5.49. The predicted octanol–water partition coefficient (Wildman–Crippen LogP) is 2.54. The fourth-order valence-corrected chi connectivity index (χ4v) is 1.95. The molecule has 1 aromatic heterocycles. The number of ether oxygens (including phenoxy) is 1. The average molecular weight is 184 g/mol. The van der Waals surface area contributed by atoms with Crippen LogP contribution in [0.3, 0.4) is 0 Å². The molecule has 3 rings (SSSR count). The van der Waals surface area contributed by atoms with E-state index in [1.54, 1.807) is 6.20 Å². The summed E-state index contributed by atoms with van der Waals surface area (Å²) in [6.07, 6.45) is 1.79. The van der Waals surface area contributed by atoms with E-state index in [1.165, 1.54) is 10.9 Å². The predicted molar refractivity (Wildman–Crippen MR) is 55.3 cm³/mol. The van der Waals surface area contributed by atoms with Gasteiger partial charge in [0.2, 0.25) is 0 Å². The number of hydrogen-bond acceptors (Lipinski definition) is 2. The highest BCUT2D eigenvalue weighted by Crippen LogP contribution is 2.37. The summed E-state index contributed by atoms with van der Waals surface area (Å²) in [6, 6.07) is 8.11. The lowest BCUT2D eigenvalue weighted by molar-refractivity contribution is 0.344. The average Bonchev–Trinajstić information content (AvgIpc) is 2.61. The van der Waals surface area contributed by atoms with Crippen molar-refractivity contribution in [2.75, 3.05) is 6.61 Å². The second-order valence-electron chi connectivity index (χ2n) is 3.56. The summed E-state index contributed by atoms with van der Waals surface area (Å²) in [6.45, 7) is 4.75. The summed E-state index contributed by atoms with van der Waals surface area (Å²) in [7, 11) is 0. The van der Waals surface area contributed by atoms with E-state index in [2.05, 4.69) is 18.0 Å². The zero-order valence-electron chi connectivity index (χ0n) is 7.73. The van der Waals surface area contributed by atoms with E-state index in [9.17, 15) is 0 Å². The Morgan fingerprint density at radius 2 is 2.21 bits per heavy atom. The van der Waals surface area contributed by atoms with Crippen molar-refractivity contribution in [3.8, 4) is 5.75 Å². The smallest absolute Gasteiger partial charge is 0.141 e. The van der Waals surface area contributed by atoms with Crippen LogP contribution in [0.4, 0.5) is 0 Å². The highest BCUT2D eigenvalue weighted by molar-refractivity contribution is 5.85. The van der Waals surface area contributed by atoms with Gasteiger partial charge in [-0.3, -0.25) is 4.98 Å². The van der Waals surface area contributed by atoms with Crippen molar-refractivity contribution >= 4 is 10.9 Å². The maximum Gasteiger partial charge on any atom is 0.141 e. The Balaban J connectivity index is 2.41. The quantitative estimate of drug-likeness (QED) is 0.627. The molecule has 0 aliphatic carbocycles. The third-order valence-electron chi connectivity index (χ3n) is 2.63. The molecule has 0 spiro atoms. The second kappa shape index (κ2) is 2.71. The van der Waals surface area contributed by atoms with Gasteiger partial charge in [0.25, 0.3) is 0 Å². The Labute approximate surface area is 82.5 Å². The molecule has 0 saturated carbocycles. The molecule has 0 saturated heterocycles. The van der Waals surface area contributed by atoms with Crippen LogP contribution in [-0.2, 0) is 0 Å². The topological polar surface area (TPSA) is 22.1 Å². The molecule has 0 N–H and O–H groups in total. The van der Waals surface area contributed by atoms with Crippen molar-refractivity contribution < 1.29 is 4.74 Å². The molecule has 1 unspecified atom stereocenters. The first-order valence-corrected chi connectivity index (χ1v) is 4.70. The SMILES string of the molecule is [CH2]C1COc2cnc3ccccc3c21. The zero-order chi connectivity index (χ0) is 9.54. The van der Waals surface area contributed by atoms with Crippen LogP contribution in [0, 0.1) is 6.92 Å². The van der Waals surface area contributed by atoms with Crippen LogP contribution in [0.25, 0.3) is 10.9 Å². The maximum atomic E-state index is 5.49. The fraction of sp³-hybridized carbons (Fsp3) is 0.167. The van der Waals surface area contributed by atoms with Gasteiger partial charge in [-0.25, -0.2) is 0 Å². The van der Waals surface area contributed by atoms with Gasteiger partial charge in [0, 0.05) is 16.9 Å². The Kier molecular flexibility index (Phi) is 1.51. The molecule has 2 heterocycles. The normalized spacial score (nSPS) is 19.4. The highest BCUT2D eigenvalue weighted by Gasteiger charge is 2.22. The van der Waals surface area contributed by atoms with Crippen molar-refractivity contribution in [1.82, 2.24) is 4.98 Å². The van der Waals surface area contributed by atoms with E-state index >= 15 is 0 Å². The molecular weight excluding hydrogens is 174 g/mol. The van der Waals surface area contributed by atoms with Gasteiger partial charge in [-0.05, 0) is 13.0 Å². The van der Waals surface area contributed by atoms with E-state index in [4.69, 9.17) is 4.74 Å². The lowest BCUT2D eigenvalue weighted by Gasteiger charge is -2.04. The molecule has 0 amide bonds. The molecule has 2 aromatic rings. The first kappa shape index (κ1) is 7.80. The Morgan fingerprint density at radius 3 is 3.14 bits per heavy atom. The van der Waals surface area contributed by atoms with E-state index in [-0.39, 0.29) is 5.92 Å². The van der Waals surface area contributed by atoms with Crippen LogP contribution < -0.4 is 4.74 Å². The third kappa shape index (κ3) is 0.939. The van der Waals surface area contributed by atoms with Crippen molar-refractivity contribution in [2.24, 2.45) is 0 Å². The van der Waals surface area contributed by atoms with Gasteiger partial charge in [-0.1, -0.05) is 18.2 Å². The van der Waals surface area contributed by atoms with Gasteiger partial charge < -0.3 is 4.74 Å². The molecule has 69 valence electrons. The molecule has 1 radical (unpaired) electrons. The van der Waals surface area contributed by atoms with Crippen molar-refractivity contribution in [1.29, 1.82) is 0 Å². The summed E-state index contributed by atoms with van der Waals surface area (Å²) in [4.78, 5) is 4.33. The van der Waals surface area contributed by atoms with E-state index in [1.807, 2.05) is 18.2 Å². The standard InChI is InChI=1S/C12H10NO/c1-8-7-14-11-6-13-10-5-3-2-4-9(10)12(8)11/h2-6,8H,1,7H2. The number of pyridine rings is 1. The molecule has 2 heteroatoms. The molecule has 14 heavy (non-hydrogen) atoms. The number of aromatic nitrogens is 1. The van der Waals surface area contributed by atoms with Gasteiger partial charge in [-0.2, -0.15) is 0 Å². The van der Waals surface area contributed by atoms with E-state index in [0.29, 0.717) is 6.61 Å². The molecule has 1 atom stereocenters. The van der Waals surface area contributed by atoms with Gasteiger partial charge in [0.05, 0.1) is 18.3 Å². The van der Waals surface area contributed by atoms with Crippen LogP contribution in [0.1, 0.15) is 11.5 Å². The Bertz CT molecular complexity index is 493. The van der Waals surface area contributed by atoms with Crippen LogP contribution in [0.15, 0.2) is 30.5 Å². The van der Waals surface area contributed by atoms with Crippen LogP contribution in [-0.4, -0.2) is 11.6 Å². The minimum absolute atomic E-state index is 0.234. The van der Waals surface area contributed by atoms with Crippen LogP contribution >= 0.6 is 0 Å². The minimum Gasteiger partial charge on any atom is -0.491 e. The first-order chi connectivity index (χ1) is 6.86. The van der Waals surface area contributed by atoms with Crippen molar-refractivity contribution in [3.05, 3.63) is 42.9 Å². The van der Waals surface area contributed by atoms with Crippen LogP contribution in [0.2, 0.25) is 0 Å². The summed E-state index contributed by atoms with van der Waals surface area (Å²) in [5.74, 6) is 1.13. The third-order valence-corrected chi connectivity index (χ3v) is 2.63. The number of fused-ring (bicyclic) bond motifs is 3. The first-order valence-electron chi connectivity index (χ1n) is 4.70. The summed E-state index contributed by atoms with van der Waals surface area (Å²) >= 11 is 0. The molecule has 2 nitrogen and oxygen atoms in total. The molecular formula is C12H10NO. The molecule has 0 bridgehead atoms. The molecule has 1 aliphatic heterocycles. The highest BCUT2D eigenvalue weighted by atomic mass is 16.5. The number of rotatable bonds is 0.